The van der Waals surface area contributed by atoms with Crippen LogP contribution in [0.15, 0.2) is 36.4 Å². The molecule has 4 heteroatoms. The topological polar surface area (TPSA) is 62.1 Å². The molecule has 1 unspecified atom stereocenters. The van der Waals surface area contributed by atoms with Crippen molar-refractivity contribution in [1.29, 1.82) is 5.26 Å². The maximum Gasteiger partial charge on any atom is 0.407 e. The number of hydrogen-bond acceptors (Lipinski definition) is 3. The van der Waals surface area contributed by atoms with Gasteiger partial charge in [0.1, 0.15) is 6.10 Å². The van der Waals surface area contributed by atoms with E-state index in [1.165, 1.54) is 0 Å². The lowest BCUT2D eigenvalue weighted by Crippen LogP contribution is -2.28. The molecular formula is C18H20N2O2. The molecule has 2 aromatic rings. The first-order valence-corrected chi connectivity index (χ1v) is 7.39. The molecule has 0 saturated carbocycles. The summed E-state index contributed by atoms with van der Waals surface area (Å²) in [7, 11) is 0. The number of amides is 1. The van der Waals surface area contributed by atoms with Crippen molar-refractivity contribution in [1.82, 2.24) is 5.32 Å². The molecule has 0 spiro atoms. The number of nitriles is 1. The molecular weight excluding hydrogens is 276 g/mol. The number of carbonyl (C=O) groups is 1. The molecule has 1 atom stereocenters. The molecule has 1 amide bonds. The minimum atomic E-state index is -0.437. The van der Waals surface area contributed by atoms with Crippen molar-refractivity contribution in [3.8, 4) is 6.07 Å². The number of alkyl carbamates (subject to hydrolysis) is 1. The number of nitrogens with zero attached hydrogens (tertiary/aromatic N) is 1. The second kappa shape index (κ2) is 6.95. The predicted octanol–water partition coefficient (Wildman–Crippen LogP) is 4.15. The first kappa shape index (κ1) is 15.8. The van der Waals surface area contributed by atoms with Crippen molar-refractivity contribution in [2.45, 2.75) is 26.9 Å². The van der Waals surface area contributed by atoms with Gasteiger partial charge in [0.25, 0.3) is 0 Å². The van der Waals surface area contributed by atoms with Gasteiger partial charge in [0, 0.05) is 17.5 Å². The Labute approximate surface area is 130 Å². The predicted molar refractivity (Wildman–Crippen MR) is 86.4 cm³/mol. The Morgan fingerprint density at radius 3 is 2.55 bits per heavy atom. The average molecular weight is 296 g/mol. The van der Waals surface area contributed by atoms with E-state index in [-0.39, 0.29) is 0 Å². The summed E-state index contributed by atoms with van der Waals surface area (Å²) in [5.74, 6) is 0.366. The van der Waals surface area contributed by atoms with Crippen LogP contribution in [0.2, 0.25) is 0 Å². The van der Waals surface area contributed by atoms with Crippen LogP contribution in [0.5, 0.6) is 0 Å². The van der Waals surface area contributed by atoms with Crippen LogP contribution in [0.1, 0.15) is 38.0 Å². The van der Waals surface area contributed by atoms with Crippen LogP contribution >= 0.6 is 0 Å². The zero-order chi connectivity index (χ0) is 16.1. The molecule has 2 aromatic carbocycles. The van der Waals surface area contributed by atoms with Crippen molar-refractivity contribution >= 4 is 16.9 Å². The van der Waals surface area contributed by atoms with Crippen LogP contribution < -0.4 is 5.32 Å². The van der Waals surface area contributed by atoms with E-state index in [2.05, 4.69) is 11.4 Å². The maximum atomic E-state index is 11.8. The average Bonchev–Trinajstić information content (AvgIpc) is 2.51. The van der Waals surface area contributed by atoms with Gasteiger partial charge >= 0.3 is 6.09 Å². The van der Waals surface area contributed by atoms with E-state index >= 15 is 0 Å². The summed E-state index contributed by atoms with van der Waals surface area (Å²) in [6.07, 6.45) is -0.863. The van der Waals surface area contributed by atoms with Crippen molar-refractivity contribution in [2.75, 3.05) is 6.54 Å². The SMILES string of the molecule is CC(C)CNC(=O)OC(C)c1cccc2cccc(C#N)c12. The third-order valence-electron chi connectivity index (χ3n) is 3.43. The van der Waals surface area contributed by atoms with Crippen LogP contribution in [-0.4, -0.2) is 12.6 Å². The first-order valence-electron chi connectivity index (χ1n) is 7.39. The Bertz CT molecular complexity index is 711. The highest BCUT2D eigenvalue weighted by molar-refractivity contribution is 5.91. The van der Waals surface area contributed by atoms with Gasteiger partial charge in [-0.15, -0.1) is 0 Å². The minimum Gasteiger partial charge on any atom is -0.442 e. The molecule has 0 saturated heterocycles. The fourth-order valence-electron chi connectivity index (χ4n) is 2.36. The third kappa shape index (κ3) is 3.56. The Hall–Kier alpha value is -2.54. The molecule has 0 heterocycles. The smallest absolute Gasteiger partial charge is 0.407 e. The van der Waals surface area contributed by atoms with Gasteiger partial charge in [0.2, 0.25) is 0 Å². The number of ether oxygens (including phenoxy) is 1. The van der Waals surface area contributed by atoms with Crippen molar-refractivity contribution in [3.05, 3.63) is 47.5 Å². The number of hydrogen-bond donors (Lipinski definition) is 1. The van der Waals surface area contributed by atoms with Gasteiger partial charge < -0.3 is 10.1 Å². The normalized spacial score (nSPS) is 12.0. The first-order chi connectivity index (χ1) is 10.5. The number of carbonyl (C=O) groups excluding carboxylic acids is 1. The summed E-state index contributed by atoms with van der Waals surface area (Å²) in [5, 5.41) is 13.8. The second-order valence-electron chi connectivity index (χ2n) is 5.69. The largest absolute Gasteiger partial charge is 0.442 e. The monoisotopic (exact) mass is 296 g/mol. The zero-order valence-corrected chi connectivity index (χ0v) is 13.1. The van der Waals surface area contributed by atoms with Crippen LogP contribution in [0.3, 0.4) is 0 Å². The van der Waals surface area contributed by atoms with Crippen LogP contribution in [0.25, 0.3) is 10.8 Å². The molecule has 2 rings (SSSR count). The van der Waals surface area contributed by atoms with E-state index < -0.39 is 12.2 Å². The number of nitrogens with one attached hydrogen (secondary N) is 1. The molecule has 0 radical (unpaired) electrons. The number of fused-ring (bicyclic) bond motifs is 1. The molecule has 0 bridgehead atoms. The molecule has 0 aliphatic rings. The van der Waals surface area contributed by atoms with Gasteiger partial charge in [-0.3, -0.25) is 0 Å². The van der Waals surface area contributed by atoms with Gasteiger partial charge in [0.05, 0.1) is 11.6 Å². The lowest BCUT2D eigenvalue weighted by molar-refractivity contribution is 0.107. The van der Waals surface area contributed by atoms with Gasteiger partial charge in [0.15, 0.2) is 0 Å². The summed E-state index contributed by atoms with van der Waals surface area (Å²) in [6.45, 7) is 6.43. The van der Waals surface area contributed by atoms with Crippen molar-refractivity contribution in [3.63, 3.8) is 0 Å². The summed E-state index contributed by atoms with van der Waals surface area (Å²) in [5.41, 5.74) is 1.43. The lowest BCUT2D eigenvalue weighted by atomic mass is 9.97. The summed E-state index contributed by atoms with van der Waals surface area (Å²) < 4.78 is 5.43. The Morgan fingerprint density at radius 2 is 1.91 bits per heavy atom. The van der Waals surface area contributed by atoms with Gasteiger partial charge in [-0.2, -0.15) is 5.26 Å². The highest BCUT2D eigenvalue weighted by atomic mass is 16.6. The molecule has 1 N–H and O–H groups in total. The van der Waals surface area contributed by atoms with Crippen LogP contribution in [0.4, 0.5) is 4.79 Å². The van der Waals surface area contributed by atoms with Crippen molar-refractivity contribution in [2.24, 2.45) is 5.92 Å². The van der Waals surface area contributed by atoms with Gasteiger partial charge in [-0.05, 0) is 24.3 Å². The standard InChI is InChI=1S/C18H20N2O2/c1-12(2)11-20-18(21)22-13(3)16-9-5-7-14-6-4-8-15(10-19)17(14)16/h4-9,12-13H,11H2,1-3H3,(H,20,21). The summed E-state index contributed by atoms with van der Waals surface area (Å²) >= 11 is 0. The Kier molecular flexibility index (Phi) is 5.00. The van der Waals surface area contributed by atoms with Gasteiger partial charge in [-0.25, -0.2) is 4.79 Å². The molecule has 22 heavy (non-hydrogen) atoms. The van der Waals surface area contributed by atoms with E-state index in [0.717, 1.165) is 16.3 Å². The second-order valence-corrected chi connectivity index (χ2v) is 5.69. The molecule has 0 aromatic heterocycles. The molecule has 114 valence electrons. The molecule has 0 fully saturated rings. The lowest BCUT2D eigenvalue weighted by Gasteiger charge is -2.17. The molecule has 0 aliphatic carbocycles. The van der Waals surface area contributed by atoms with Crippen molar-refractivity contribution < 1.29 is 9.53 Å². The minimum absolute atomic E-state index is 0.366. The Morgan fingerprint density at radius 1 is 1.23 bits per heavy atom. The third-order valence-corrected chi connectivity index (χ3v) is 3.43. The highest BCUT2D eigenvalue weighted by Gasteiger charge is 2.16. The Balaban J connectivity index is 2.27. The molecule has 0 aliphatic heterocycles. The van der Waals surface area contributed by atoms with E-state index in [1.54, 1.807) is 6.07 Å². The molecule has 4 nitrogen and oxygen atoms in total. The van der Waals surface area contributed by atoms with E-state index in [0.29, 0.717) is 18.0 Å². The maximum absolute atomic E-state index is 11.8. The van der Waals surface area contributed by atoms with Crippen LogP contribution in [-0.2, 0) is 4.74 Å². The number of rotatable bonds is 4. The number of benzene rings is 2. The summed E-state index contributed by atoms with van der Waals surface area (Å²) in [4.78, 5) is 11.8. The fraction of sp³-hybridized carbons (Fsp3) is 0.333. The highest BCUT2D eigenvalue weighted by Crippen LogP contribution is 2.29. The fourth-order valence-corrected chi connectivity index (χ4v) is 2.36. The zero-order valence-electron chi connectivity index (χ0n) is 13.1. The quantitative estimate of drug-likeness (QED) is 0.921. The van der Waals surface area contributed by atoms with E-state index in [9.17, 15) is 10.1 Å². The van der Waals surface area contributed by atoms with E-state index in [4.69, 9.17) is 4.74 Å². The van der Waals surface area contributed by atoms with Crippen LogP contribution in [0, 0.1) is 17.2 Å². The van der Waals surface area contributed by atoms with E-state index in [1.807, 2.05) is 51.1 Å². The summed E-state index contributed by atoms with van der Waals surface area (Å²) in [6, 6.07) is 13.5. The van der Waals surface area contributed by atoms with Gasteiger partial charge in [-0.1, -0.05) is 44.2 Å².